The summed E-state index contributed by atoms with van der Waals surface area (Å²) in [5.41, 5.74) is 2.30. The average Bonchev–Trinajstić information content (AvgIpc) is 2.38. The van der Waals surface area contributed by atoms with E-state index < -0.39 is 0 Å². The minimum atomic E-state index is 0.0251. The summed E-state index contributed by atoms with van der Waals surface area (Å²) in [5, 5.41) is 8.94. The largest absolute Gasteiger partial charge is 0.383 e. The summed E-state index contributed by atoms with van der Waals surface area (Å²) < 4.78 is 5.02. The van der Waals surface area contributed by atoms with E-state index in [1.54, 1.807) is 24.1 Å². The Morgan fingerprint density at radius 3 is 2.89 bits per heavy atom. The van der Waals surface area contributed by atoms with Crippen LogP contribution in [-0.4, -0.2) is 39.8 Å². The number of benzene rings is 1. The van der Waals surface area contributed by atoms with Gasteiger partial charge < -0.3 is 14.5 Å². The second kappa shape index (κ2) is 5.07. The first kappa shape index (κ1) is 12.4. The van der Waals surface area contributed by atoms with Gasteiger partial charge in [-0.05, 0) is 18.2 Å². The van der Waals surface area contributed by atoms with E-state index in [0.717, 1.165) is 11.4 Å². The van der Waals surface area contributed by atoms with Gasteiger partial charge in [0.15, 0.2) is 0 Å². The third kappa shape index (κ3) is 2.15. The lowest BCUT2D eigenvalue weighted by atomic mass is 10.1. The van der Waals surface area contributed by atoms with Gasteiger partial charge in [-0.1, -0.05) is 0 Å². The summed E-state index contributed by atoms with van der Waals surface area (Å²) in [5.74, 6) is 0.0251. The van der Waals surface area contributed by atoms with E-state index in [-0.39, 0.29) is 5.91 Å². The zero-order valence-corrected chi connectivity index (χ0v) is 10.5. The summed E-state index contributed by atoms with van der Waals surface area (Å²) in [7, 11) is 3.48. The molecule has 0 aliphatic carbocycles. The molecule has 94 valence electrons. The number of hydrogen-bond donors (Lipinski definition) is 0. The number of rotatable bonds is 3. The number of amides is 1. The molecule has 0 N–H and O–H groups in total. The Labute approximate surface area is 106 Å². The number of likely N-dealkylation sites (N-methyl/N-ethyl adjacent to an activating group) is 1. The molecule has 1 aromatic rings. The zero-order valence-electron chi connectivity index (χ0n) is 10.5. The number of fused-ring (bicyclic) bond motifs is 1. The highest BCUT2D eigenvalue weighted by Gasteiger charge is 2.27. The fourth-order valence-electron chi connectivity index (χ4n) is 2.07. The molecule has 1 aromatic carbocycles. The normalized spacial score (nSPS) is 14.4. The highest BCUT2D eigenvalue weighted by Crippen LogP contribution is 2.33. The Morgan fingerprint density at radius 2 is 2.22 bits per heavy atom. The molecular weight excluding hydrogens is 230 g/mol. The molecule has 0 aromatic heterocycles. The van der Waals surface area contributed by atoms with Crippen LogP contribution in [0.4, 0.5) is 11.4 Å². The first-order chi connectivity index (χ1) is 8.67. The number of carbonyl (C=O) groups excluding carboxylic acids is 1. The van der Waals surface area contributed by atoms with Crippen LogP contribution in [0.1, 0.15) is 5.56 Å². The molecule has 0 bridgehead atoms. The molecule has 18 heavy (non-hydrogen) atoms. The fourth-order valence-corrected chi connectivity index (χ4v) is 2.07. The van der Waals surface area contributed by atoms with Crippen LogP contribution in [-0.2, 0) is 9.53 Å². The van der Waals surface area contributed by atoms with Crippen LogP contribution >= 0.6 is 0 Å². The van der Waals surface area contributed by atoms with E-state index in [1.165, 1.54) is 0 Å². The fraction of sp³-hybridized carbons (Fsp3) is 0.385. The minimum Gasteiger partial charge on any atom is -0.383 e. The summed E-state index contributed by atoms with van der Waals surface area (Å²) in [6.07, 6.45) is 0. The molecule has 0 fully saturated rings. The molecule has 1 aliphatic rings. The smallest absolute Gasteiger partial charge is 0.246 e. The van der Waals surface area contributed by atoms with Crippen LogP contribution in [0.5, 0.6) is 0 Å². The predicted octanol–water partition coefficient (Wildman–Crippen LogP) is 0.987. The molecule has 1 amide bonds. The van der Waals surface area contributed by atoms with E-state index in [0.29, 0.717) is 25.3 Å². The van der Waals surface area contributed by atoms with E-state index in [9.17, 15) is 4.79 Å². The van der Waals surface area contributed by atoms with Crippen molar-refractivity contribution in [2.75, 3.05) is 43.7 Å². The number of hydrogen-bond acceptors (Lipinski definition) is 4. The summed E-state index contributed by atoms with van der Waals surface area (Å²) in [6, 6.07) is 7.48. The molecule has 0 atom stereocenters. The summed E-state index contributed by atoms with van der Waals surface area (Å²) in [4.78, 5) is 15.6. The Kier molecular flexibility index (Phi) is 3.49. The Morgan fingerprint density at radius 1 is 1.44 bits per heavy atom. The molecule has 0 unspecified atom stereocenters. The first-order valence-electron chi connectivity index (χ1n) is 5.72. The van der Waals surface area contributed by atoms with Gasteiger partial charge in [-0.3, -0.25) is 4.79 Å². The van der Waals surface area contributed by atoms with Crippen molar-refractivity contribution in [1.82, 2.24) is 0 Å². The van der Waals surface area contributed by atoms with Crippen LogP contribution in [0, 0.1) is 11.3 Å². The van der Waals surface area contributed by atoms with Gasteiger partial charge in [-0.25, -0.2) is 0 Å². The molecule has 0 radical (unpaired) electrons. The molecule has 2 rings (SSSR count). The van der Waals surface area contributed by atoms with Crippen molar-refractivity contribution in [2.24, 2.45) is 0 Å². The first-order valence-corrected chi connectivity index (χ1v) is 5.72. The minimum absolute atomic E-state index is 0.0251. The maximum atomic E-state index is 12.0. The Hall–Kier alpha value is -2.06. The summed E-state index contributed by atoms with van der Waals surface area (Å²) in [6.45, 7) is 1.33. The predicted molar refractivity (Wildman–Crippen MR) is 68.7 cm³/mol. The van der Waals surface area contributed by atoms with Crippen LogP contribution in [0.3, 0.4) is 0 Å². The number of methoxy groups -OCH3 is 1. The van der Waals surface area contributed by atoms with Gasteiger partial charge in [0.25, 0.3) is 0 Å². The standard InChI is InChI=1S/C13H15N3O2/c1-15-9-13(17)16(5-6-18-2)12-7-10(8-14)3-4-11(12)15/h3-4,7H,5-6,9H2,1-2H3. The van der Waals surface area contributed by atoms with Gasteiger partial charge in [-0.2, -0.15) is 5.26 Å². The molecule has 0 spiro atoms. The lowest BCUT2D eigenvalue weighted by molar-refractivity contribution is -0.117. The Balaban J connectivity index is 2.42. The summed E-state index contributed by atoms with van der Waals surface area (Å²) >= 11 is 0. The van der Waals surface area contributed by atoms with Crippen LogP contribution in [0.25, 0.3) is 0 Å². The molecular formula is C13H15N3O2. The van der Waals surface area contributed by atoms with Crippen LogP contribution in [0.15, 0.2) is 18.2 Å². The monoisotopic (exact) mass is 245 g/mol. The third-order valence-electron chi connectivity index (χ3n) is 3.00. The van der Waals surface area contributed by atoms with Crippen molar-refractivity contribution in [3.63, 3.8) is 0 Å². The second-order valence-electron chi connectivity index (χ2n) is 4.21. The van der Waals surface area contributed by atoms with Gasteiger partial charge in [0.1, 0.15) is 0 Å². The van der Waals surface area contributed by atoms with Gasteiger partial charge in [-0.15, -0.1) is 0 Å². The van der Waals surface area contributed by atoms with Gasteiger partial charge in [0.05, 0.1) is 36.2 Å². The molecule has 0 saturated carbocycles. The van der Waals surface area contributed by atoms with Crippen molar-refractivity contribution in [3.05, 3.63) is 23.8 Å². The van der Waals surface area contributed by atoms with Gasteiger partial charge >= 0.3 is 0 Å². The highest BCUT2D eigenvalue weighted by molar-refractivity contribution is 6.03. The van der Waals surface area contributed by atoms with E-state index in [1.807, 2.05) is 18.0 Å². The van der Waals surface area contributed by atoms with E-state index in [2.05, 4.69) is 6.07 Å². The van der Waals surface area contributed by atoms with Crippen molar-refractivity contribution in [3.8, 4) is 6.07 Å². The quantitative estimate of drug-likeness (QED) is 0.796. The van der Waals surface area contributed by atoms with Gasteiger partial charge in [0, 0.05) is 20.7 Å². The highest BCUT2D eigenvalue weighted by atomic mass is 16.5. The second-order valence-corrected chi connectivity index (χ2v) is 4.21. The topological polar surface area (TPSA) is 56.6 Å². The van der Waals surface area contributed by atoms with Crippen LogP contribution in [0.2, 0.25) is 0 Å². The Bertz CT molecular complexity index is 507. The number of nitrogens with zero attached hydrogens (tertiary/aromatic N) is 3. The van der Waals surface area contributed by atoms with E-state index in [4.69, 9.17) is 10.00 Å². The molecule has 1 aliphatic heterocycles. The SMILES string of the molecule is COCCN1C(=O)CN(C)c2ccc(C#N)cc21. The number of nitriles is 1. The average molecular weight is 245 g/mol. The van der Waals surface area contributed by atoms with E-state index >= 15 is 0 Å². The van der Waals surface area contributed by atoms with Crippen LogP contribution < -0.4 is 9.80 Å². The van der Waals surface area contributed by atoms with Crippen molar-refractivity contribution in [1.29, 1.82) is 5.26 Å². The maximum Gasteiger partial charge on any atom is 0.246 e. The molecule has 5 nitrogen and oxygen atoms in total. The lowest BCUT2D eigenvalue weighted by Crippen LogP contribution is -2.45. The zero-order chi connectivity index (χ0) is 13.1. The van der Waals surface area contributed by atoms with Crippen molar-refractivity contribution >= 4 is 17.3 Å². The number of anilines is 2. The number of ether oxygens (including phenoxy) is 1. The lowest BCUT2D eigenvalue weighted by Gasteiger charge is -2.35. The molecule has 5 heteroatoms. The van der Waals surface area contributed by atoms with Crippen molar-refractivity contribution < 1.29 is 9.53 Å². The van der Waals surface area contributed by atoms with Crippen molar-refractivity contribution in [2.45, 2.75) is 0 Å². The molecule has 0 saturated heterocycles. The number of carbonyl (C=O) groups is 1. The van der Waals surface area contributed by atoms with Gasteiger partial charge in [0.2, 0.25) is 5.91 Å². The third-order valence-corrected chi connectivity index (χ3v) is 3.00. The maximum absolute atomic E-state index is 12.0. The molecule has 1 heterocycles.